The van der Waals surface area contributed by atoms with Crippen molar-refractivity contribution >= 4 is 28.8 Å². The lowest BCUT2D eigenvalue weighted by atomic mass is 9.99. The maximum atomic E-state index is 14.9. The Balaban J connectivity index is 1.21. The van der Waals surface area contributed by atoms with Crippen LogP contribution in [-0.2, 0) is 6.54 Å². The summed E-state index contributed by atoms with van der Waals surface area (Å²) >= 11 is 0. The van der Waals surface area contributed by atoms with Crippen LogP contribution in [0.4, 0.5) is 13.2 Å². The summed E-state index contributed by atoms with van der Waals surface area (Å²) in [7, 11) is 0. The number of nitrogens with zero attached hydrogens (tertiary/aromatic N) is 4. The third kappa shape index (κ3) is 7.34. The van der Waals surface area contributed by atoms with E-state index in [-0.39, 0.29) is 18.8 Å². The molecule has 0 unspecified atom stereocenters. The van der Waals surface area contributed by atoms with Crippen molar-refractivity contribution in [2.45, 2.75) is 45.6 Å². The number of alkyl halides is 2. The number of H-pyrrole nitrogens is 2. The normalized spacial score (nSPS) is 17.3. The molecule has 2 saturated heterocycles. The van der Waals surface area contributed by atoms with Crippen molar-refractivity contribution in [2.24, 2.45) is 5.73 Å². The Bertz CT molecular complexity index is 2160. The molecule has 0 atom stereocenters. The van der Waals surface area contributed by atoms with Crippen LogP contribution in [-0.4, -0.2) is 75.2 Å². The summed E-state index contributed by atoms with van der Waals surface area (Å²) in [5, 5.41) is 10.1. The SMILES string of the molecule is CC(C)=C(/C=c1/c(-c2cc3c(-c4cc(F)cc(OCCN5CCCC5)c4)cccc3[nH]2)n[nH]/c1=C/N)c1cncc(CN2CCC(F)(F)C2)c1. The highest BCUT2D eigenvalue weighted by Gasteiger charge is 2.38. The number of rotatable bonds is 10. The lowest BCUT2D eigenvalue weighted by Gasteiger charge is -2.16. The lowest BCUT2D eigenvalue weighted by Crippen LogP contribution is -2.26. The van der Waals surface area contributed by atoms with E-state index in [1.165, 1.54) is 31.2 Å². The number of pyridine rings is 1. The smallest absolute Gasteiger partial charge is 0.261 e. The van der Waals surface area contributed by atoms with Crippen LogP contribution in [0, 0.1) is 5.82 Å². The highest BCUT2D eigenvalue weighted by atomic mass is 19.3. The van der Waals surface area contributed by atoms with Crippen LogP contribution in [0.25, 0.3) is 51.3 Å². The summed E-state index contributed by atoms with van der Waals surface area (Å²) in [5.74, 6) is -2.50. The number of hydrogen-bond acceptors (Lipinski definition) is 6. The first-order valence-corrected chi connectivity index (χ1v) is 17.1. The lowest BCUT2D eigenvalue weighted by molar-refractivity contribution is 0.0115. The van der Waals surface area contributed by atoms with Gasteiger partial charge < -0.3 is 15.5 Å². The predicted octanol–water partition coefficient (Wildman–Crippen LogP) is 6.05. The van der Waals surface area contributed by atoms with Crippen LogP contribution in [0.3, 0.4) is 0 Å². The minimum Gasteiger partial charge on any atom is -0.492 e. The number of hydrogen-bond donors (Lipinski definition) is 3. The summed E-state index contributed by atoms with van der Waals surface area (Å²) in [6.07, 6.45) is 9.33. The molecule has 0 aliphatic carbocycles. The summed E-state index contributed by atoms with van der Waals surface area (Å²) in [6.45, 7) is 8.04. The van der Waals surface area contributed by atoms with Crippen molar-refractivity contribution < 1.29 is 17.9 Å². The van der Waals surface area contributed by atoms with Crippen LogP contribution >= 0.6 is 0 Å². The number of ether oxygens (including phenoxy) is 1. The standard InChI is InChI=1S/C39H42F3N7O/c1-25(2)32(28-14-26(21-44-22-28)23-49-11-8-39(41,42)24-49)18-34-37(20-43)46-47-38(34)36-19-33-31(6-5-7-35(33)45-36)27-15-29(40)17-30(16-27)50-13-12-48-9-3-4-10-48/h5-7,14-22,45-46H,3-4,8-13,23-24,43H2,1-2H3/b34-18+,37-20+. The molecule has 4 N–H and O–H groups in total. The molecule has 3 aromatic heterocycles. The Kier molecular flexibility index (Phi) is 9.52. The quantitative estimate of drug-likeness (QED) is 0.166. The molecule has 50 heavy (non-hydrogen) atoms. The first-order valence-electron chi connectivity index (χ1n) is 17.1. The van der Waals surface area contributed by atoms with E-state index in [9.17, 15) is 13.2 Å². The number of aromatic nitrogens is 4. The van der Waals surface area contributed by atoms with Crippen molar-refractivity contribution in [1.82, 2.24) is 30.0 Å². The van der Waals surface area contributed by atoms with Gasteiger partial charge in [0.05, 0.1) is 17.6 Å². The van der Waals surface area contributed by atoms with Gasteiger partial charge >= 0.3 is 0 Å². The molecule has 2 fully saturated rings. The highest BCUT2D eigenvalue weighted by molar-refractivity contribution is 5.98. The minimum absolute atomic E-state index is 0.124. The van der Waals surface area contributed by atoms with Crippen LogP contribution < -0.4 is 21.0 Å². The molecule has 8 nitrogen and oxygen atoms in total. The molecule has 11 heteroatoms. The van der Waals surface area contributed by atoms with Crippen molar-refractivity contribution in [3.05, 3.63) is 94.0 Å². The largest absolute Gasteiger partial charge is 0.492 e. The fourth-order valence-corrected chi connectivity index (χ4v) is 7.06. The Labute approximate surface area is 289 Å². The average molecular weight is 682 g/mol. The van der Waals surface area contributed by atoms with E-state index >= 15 is 0 Å². The number of likely N-dealkylation sites (tertiary alicyclic amines) is 2. The molecule has 0 saturated carbocycles. The molecule has 2 aliphatic heterocycles. The molecule has 5 aromatic rings. The third-order valence-electron chi connectivity index (χ3n) is 9.56. The second-order valence-electron chi connectivity index (χ2n) is 13.5. The van der Waals surface area contributed by atoms with E-state index in [1.54, 1.807) is 17.3 Å². The van der Waals surface area contributed by atoms with Crippen LogP contribution in [0.5, 0.6) is 5.75 Å². The number of fused-ring (bicyclic) bond motifs is 1. The van der Waals surface area contributed by atoms with Crippen molar-refractivity contribution in [3.63, 3.8) is 0 Å². The van der Waals surface area contributed by atoms with Gasteiger partial charge in [0.1, 0.15) is 23.9 Å². The average Bonchev–Trinajstić information content (AvgIpc) is 3.90. The molecule has 5 heterocycles. The summed E-state index contributed by atoms with van der Waals surface area (Å²) in [6, 6.07) is 14.8. The van der Waals surface area contributed by atoms with Gasteiger partial charge in [-0.15, -0.1) is 0 Å². The maximum absolute atomic E-state index is 14.9. The maximum Gasteiger partial charge on any atom is 0.261 e. The second-order valence-corrected chi connectivity index (χ2v) is 13.5. The van der Waals surface area contributed by atoms with E-state index < -0.39 is 5.92 Å². The molecule has 0 amide bonds. The van der Waals surface area contributed by atoms with Gasteiger partial charge in [0.2, 0.25) is 0 Å². The molecule has 2 aromatic carbocycles. The molecule has 2 aliphatic rings. The van der Waals surface area contributed by atoms with Crippen LogP contribution in [0.15, 0.2) is 66.5 Å². The van der Waals surface area contributed by atoms with Gasteiger partial charge in [-0.1, -0.05) is 17.7 Å². The fraction of sp³-hybridized carbons (Fsp3) is 0.333. The Morgan fingerprint density at radius 2 is 1.88 bits per heavy atom. The van der Waals surface area contributed by atoms with E-state index in [0.717, 1.165) is 74.8 Å². The number of benzene rings is 2. The van der Waals surface area contributed by atoms with Gasteiger partial charge in [0, 0.05) is 72.4 Å². The number of nitrogens with two attached hydrogens (primary N) is 1. The topological polar surface area (TPSA) is 99.1 Å². The van der Waals surface area contributed by atoms with E-state index in [2.05, 4.69) is 25.1 Å². The molecule has 260 valence electrons. The van der Waals surface area contributed by atoms with Gasteiger partial charge in [-0.05, 0) is 98.4 Å². The number of halogens is 3. The zero-order valence-corrected chi connectivity index (χ0v) is 28.4. The Hall–Kier alpha value is -4.87. The van der Waals surface area contributed by atoms with Crippen LogP contribution in [0.2, 0.25) is 0 Å². The monoisotopic (exact) mass is 681 g/mol. The number of allylic oxidation sites excluding steroid dienone is 2. The molecular formula is C39H42F3N7O. The first kappa shape index (κ1) is 33.6. The Morgan fingerprint density at radius 3 is 2.64 bits per heavy atom. The zero-order valence-electron chi connectivity index (χ0n) is 28.4. The number of nitrogens with one attached hydrogen (secondary N) is 2. The molecular weight excluding hydrogens is 639 g/mol. The molecule has 0 bridgehead atoms. The second kappa shape index (κ2) is 14.2. The third-order valence-corrected chi connectivity index (χ3v) is 9.56. The van der Waals surface area contributed by atoms with Gasteiger partial charge in [0.25, 0.3) is 5.92 Å². The van der Waals surface area contributed by atoms with E-state index in [1.807, 2.05) is 56.3 Å². The zero-order chi connectivity index (χ0) is 34.8. The van der Waals surface area contributed by atoms with Crippen LogP contribution in [0.1, 0.15) is 44.2 Å². The van der Waals surface area contributed by atoms with Gasteiger partial charge in [0.15, 0.2) is 0 Å². The van der Waals surface area contributed by atoms with Crippen molar-refractivity contribution in [3.8, 4) is 28.3 Å². The Morgan fingerprint density at radius 1 is 1.04 bits per heavy atom. The fourth-order valence-electron chi connectivity index (χ4n) is 7.06. The summed E-state index contributed by atoms with van der Waals surface area (Å²) < 4.78 is 48.6. The predicted molar refractivity (Wildman–Crippen MR) is 192 cm³/mol. The van der Waals surface area contributed by atoms with E-state index in [4.69, 9.17) is 10.5 Å². The van der Waals surface area contributed by atoms with E-state index in [0.29, 0.717) is 36.5 Å². The summed E-state index contributed by atoms with van der Waals surface area (Å²) in [4.78, 5) is 12.1. The number of aromatic amines is 2. The minimum atomic E-state index is -2.65. The van der Waals surface area contributed by atoms with Crippen molar-refractivity contribution in [1.29, 1.82) is 0 Å². The molecule has 7 rings (SSSR count). The van der Waals surface area contributed by atoms with Gasteiger partial charge in [-0.2, -0.15) is 5.10 Å². The van der Waals surface area contributed by atoms with Crippen molar-refractivity contribution in [2.75, 3.05) is 39.3 Å². The molecule has 0 radical (unpaired) electrons. The molecule has 0 spiro atoms. The summed E-state index contributed by atoms with van der Waals surface area (Å²) in [5.41, 5.74) is 13.6. The van der Waals surface area contributed by atoms with Gasteiger partial charge in [-0.3, -0.25) is 19.9 Å². The highest BCUT2D eigenvalue weighted by Crippen LogP contribution is 2.34. The van der Waals surface area contributed by atoms with Gasteiger partial charge in [-0.25, -0.2) is 13.2 Å². The first-order chi connectivity index (χ1) is 24.2.